The number of cyclic esters (lactones) is 1. The Morgan fingerprint density at radius 3 is 2.44 bits per heavy atom. The minimum absolute atomic E-state index is 0.00974. The lowest BCUT2D eigenvalue weighted by molar-refractivity contribution is -0.295. The Bertz CT molecular complexity index is 917. The number of ether oxygens (including phenoxy) is 4. The van der Waals surface area contributed by atoms with E-state index in [0.717, 1.165) is 25.9 Å². The second-order valence-electron chi connectivity index (χ2n) is 14.6. The third-order valence-corrected chi connectivity index (χ3v) is 10.2. The summed E-state index contributed by atoms with van der Waals surface area (Å²) >= 11 is 0. The third-order valence-electron chi connectivity index (χ3n) is 10.2. The quantitative estimate of drug-likeness (QED) is 0.314. The molecule has 0 aromatic rings. The van der Waals surface area contributed by atoms with Gasteiger partial charge in [0.1, 0.15) is 18.1 Å². The molecule has 0 radical (unpaired) electrons. The van der Waals surface area contributed by atoms with Crippen LogP contribution in [0.1, 0.15) is 87.0 Å². The normalized spacial score (nSPS) is 40.5. The Balaban J connectivity index is 1.85. The van der Waals surface area contributed by atoms with Crippen molar-refractivity contribution in [3.8, 4) is 0 Å². The highest BCUT2D eigenvalue weighted by molar-refractivity contribution is 6.04. The number of carbonyl (C=O) groups is 2. The number of likely N-dealkylation sites (N-methyl/N-ethyl adjacent to an activating group) is 1. The summed E-state index contributed by atoms with van der Waals surface area (Å²) < 4.78 is 24.7. The Hall–Kier alpha value is -1.14. The average Bonchev–Trinajstić information content (AvgIpc) is 3.36. The summed E-state index contributed by atoms with van der Waals surface area (Å²) in [5, 5.41) is 14.9. The van der Waals surface area contributed by atoms with Gasteiger partial charge in [-0.05, 0) is 113 Å². The summed E-state index contributed by atoms with van der Waals surface area (Å²) in [5.74, 6) is -1.40. The molecule has 0 unspecified atom stereocenters. The van der Waals surface area contributed by atoms with Gasteiger partial charge in [0.25, 0.3) is 0 Å². The number of esters is 1. The molecule has 10 heteroatoms. The van der Waals surface area contributed by atoms with E-state index in [2.05, 4.69) is 24.1 Å². The van der Waals surface area contributed by atoms with Gasteiger partial charge >= 0.3 is 5.97 Å². The number of ketones is 1. The smallest absolute Gasteiger partial charge is 0.319 e. The van der Waals surface area contributed by atoms with Crippen LogP contribution in [0, 0.1) is 17.3 Å². The highest BCUT2D eigenvalue weighted by atomic mass is 16.7. The van der Waals surface area contributed by atoms with E-state index in [0.29, 0.717) is 25.4 Å². The summed E-state index contributed by atoms with van der Waals surface area (Å²) in [4.78, 5) is 32.1. The van der Waals surface area contributed by atoms with Crippen molar-refractivity contribution in [3.05, 3.63) is 0 Å². The van der Waals surface area contributed by atoms with Gasteiger partial charge in [0.2, 0.25) is 0 Å². The third kappa shape index (κ3) is 8.99. The molecule has 0 saturated carbocycles. The first kappa shape index (κ1) is 36.3. The standard InChI is InChI=1S/C33H61N3O7/c1-21-18-33(7,40-10)29(43-30-27(37)26(35(8)9)17-23(3)42-30)24(4)28(38)32(5,6)31(39)41-20-25(34-19-21)14-12-16-36-15-11-13-22(36)2/h21-27,29-30,34,37H,11-20H2,1-10H3/t21-,22-,23-,24+,25+,26+,27-,29-,30+,33-/m1/s1. The van der Waals surface area contributed by atoms with Crippen molar-refractivity contribution in [3.63, 3.8) is 0 Å². The highest BCUT2D eigenvalue weighted by Crippen LogP contribution is 2.38. The Morgan fingerprint density at radius 1 is 1.14 bits per heavy atom. The van der Waals surface area contributed by atoms with Gasteiger partial charge in [0.05, 0.1) is 17.8 Å². The number of aliphatic hydroxyl groups is 1. The van der Waals surface area contributed by atoms with E-state index in [1.807, 2.05) is 32.8 Å². The number of rotatable bonds is 8. The van der Waals surface area contributed by atoms with Gasteiger partial charge < -0.3 is 39.2 Å². The fraction of sp³-hybridized carbons (Fsp3) is 0.939. The molecule has 10 nitrogen and oxygen atoms in total. The molecule has 10 atom stereocenters. The number of carbonyl (C=O) groups excluding carboxylic acids is 2. The molecule has 2 N–H and O–H groups in total. The second-order valence-corrected chi connectivity index (χ2v) is 14.6. The molecule has 250 valence electrons. The fourth-order valence-corrected chi connectivity index (χ4v) is 7.31. The molecule has 3 aliphatic heterocycles. The lowest BCUT2D eigenvalue weighted by Gasteiger charge is -2.47. The molecular weight excluding hydrogens is 550 g/mol. The topological polar surface area (TPSA) is 110 Å². The first-order chi connectivity index (χ1) is 20.1. The van der Waals surface area contributed by atoms with E-state index in [1.54, 1.807) is 27.9 Å². The SMILES string of the molecule is CO[C@]1(C)C[C@@H](C)CN[C@@H](CCCN2CCC[C@H]2C)COC(=O)C(C)(C)C(=O)[C@H](C)[C@H]1O[C@@H]1O[C@H](C)C[C@H](N(C)C)[C@H]1O. The lowest BCUT2D eigenvalue weighted by Crippen LogP contribution is -2.59. The Labute approximate surface area is 260 Å². The molecule has 3 heterocycles. The van der Waals surface area contributed by atoms with Crippen LogP contribution < -0.4 is 5.32 Å². The minimum atomic E-state index is -1.39. The molecule has 0 spiro atoms. The summed E-state index contributed by atoms with van der Waals surface area (Å²) in [5.41, 5.74) is -2.29. The summed E-state index contributed by atoms with van der Waals surface area (Å²) in [6, 6.07) is 0.451. The fourth-order valence-electron chi connectivity index (χ4n) is 7.31. The lowest BCUT2D eigenvalue weighted by atomic mass is 9.74. The summed E-state index contributed by atoms with van der Waals surface area (Å²) in [7, 11) is 5.49. The molecule has 0 amide bonds. The number of aliphatic hydroxyl groups excluding tert-OH is 1. The van der Waals surface area contributed by atoms with Gasteiger partial charge in [-0.3, -0.25) is 9.59 Å². The van der Waals surface area contributed by atoms with E-state index in [-0.39, 0.29) is 36.5 Å². The zero-order chi connectivity index (χ0) is 32.1. The molecule has 3 aliphatic rings. The average molecular weight is 612 g/mol. The van der Waals surface area contributed by atoms with Crippen LogP contribution in [0.2, 0.25) is 0 Å². The molecule has 0 bridgehead atoms. The van der Waals surface area contributed by atoms with Crippen molar-refractivity contribution in [2.24, 2.45) is 17.3 Å². The van der Waals surface area contributed by atoms with E-state index in [4.69, 9.17) is 18.9 Å². The molecule has 3 rings (SSSR count). The number of hydrogen-bond acceptors (Lipinski definition) is 10. The number of hydrogen-bond donors (Lipinski definition) is 2. The van der Waals surface area contributed by atoms with Crippen LogP contribution in [-0.4, -0.2) is 122 Å². The van der Waals surface area contributed by atoms with Gasteiger partial charge in [-0.1, -0.05) is 13.8 Å². The van der Waals surface area contributed by atoms with Crippen LogP contribution in [0.15, 0.2) is 0 Å². The van der Waals surface area contributed by atoms with Crippen LogP contribution in [0.5, 0.6) is 0 Å². The van der Waals surface area contributed by atoms with Crippen molar-refractivity contribution >= 4 is 11.8 Å². The van der Waals surface area contributed by atoms with Crippen molar-refractivity contribution in [2.75, 3.05) is 47.4 Å². The van der Waals surface area contributed by atoms with Gasteiger partial charge in [0.15, 0.2) is 12.1 Å². The van der Waals surface area contributed by atoms with Crippen molar-refractivity contribution in [2.45, 2.75) is 135 Å². The van der Waals surface area contributed by atoms with E-state index >= 15 is 0 Å². The number of methoxy groups -OCH3 is 1. The molecule has 3 saturated heterocycles. The Kier molecular flexibility index (Phi) is 13.0. The van der Waals surface area contributed by atoms with Gasteiger partial charge in [-0.25, -0.2) is 0 Å². The first-order valence-electron chi connectivity index (χ1n) is 16.5. The summed E-state index contributed by atoms with van der Waals surface area (Å²) in [6.07, 6.45) is 2.86. The van der Waals surface area contributed by atoms with Gasteiger partial charge in [0, 0.05) is 31.2 Å². The van der Waals surface area contributed by atoms with Crippen LogP contribution in [0.4, 0.5) is 0 Å². The number of likely N-dealkylation sites (tertiary alicyclic amines) is 1. The first-order valence-corrected chi connectivity index (χ1v) is 16.5. The van der Waals surface area contributed by atoms with Crippen LogP contribution in [0.3, 0.4) is 0 Å². The minimum Gasteiger partial charge on any atom is -0.463 e. The van der Waals surface area contributed by atoms with Crippen LogP contribution >= 0.6 is 0 Å². The van der Waals surface area contributed by atoms with Crippen LogP contribution in [-0.2, 0) is 28.5 Å². The van der Waals surface area contributed by atoms with Gasteiger partial charge in [-0.2, -0.15) is 0 Å². The molecule has 0 aromatic carbocycles. The number of nitrogens with one attached hydrogen (secondary N) is 1. The molecule has 43 heavy (non-hydrogen) atoms. The van der Waals surface area contributed by atoms with Gasteiger partial charge in [-0.15, -0.1) is 0 Å². The van der Waals surface area contributed by atoms with Crippen molar-refractivity contribution in [1.82, 2.24) is 15.1 Å². The van der Waals surface area contributed by atoms with Crippen LogP contribution in [0.25, 0.3) is 0 Å². The molecular formula is C33H61N3O7. The number of nitrogens with zero attached hydrogens (tertiary/aromatic N) is 2. The zero-order valence-electron chi connectivity index (χ0n) is 28.6. The highest BCUT2D eigenvalue weighted by Gasteiger charge is 2.51. The monoisotopic (exact) mass is 611 g/mol. The summed E-state index contributed by atoms with van der Waals surface area (Å²) in [6.45, 7) is 16.5. The van der Waals surface area contributed by atoms with Crippen molar-refractivity contribution < 1.29 is 33.6 Å². The maximum atomic E-state index is 14.1. The molecule has 3 fully saturated rings. The predicted octanol–water partition coefficient (Wildman–Crippen LogP) is 3.24. The second kappa shape index (κ2) is 15.4. The zero-order valence-corrected chi connectivity index (χ0v) is 28.6. The molecule has 0 aromatic heterocycles. The molecule has 0 aliphatic carbocycles. The van der Waals surface area contributed by atoms with E-state index < -0.39 is 41.4 Å². The Morgan fingerprint density at radius 2 is 1.84 bits per heavy atom. The van der Waals surface area contributed by atoms with E-state index in [1.165, 1.54) is 12.8 Å². The maximum absolute atomic E-state index is 14.1. The predicted molar refractivity (Wildman–Crippen MR) is 167 cm³/mol. The largest absolute Gasteiger partial charge is 0.463 e. The van der Waals surface area contributed by atoms with Crippen molar-refractivity contribution in [1.29, 1.82) is 0 Å². The van der Waals surface area contributed by atoms with E-state index in [9.17, 15) is 14.7 Å². The maximum Gasteiger partial charge on any atom is 0.319 e. The number of Topliss-reactive ketones (excluding diaryl/α,β-unsaturated/α-hetero) is 1.